The van der Waals surface area contributed by atoms with E-state index in [9.17, 15) is 8.42 Å². The minimum atomic E-state index is -3.78. The van der Waals surface area contributed by atoms with Gasteiger partial charge in [-0.2, -0.15) is 0 Å². The van der Waals surface area contributed by atoms with Crippen molar-refractivity contribution in [3.05, 3.63) is 41.6 Å². The van der Waals surface area contributed by atoms with E-state index >= 15 is 0 Å². The third-order valence-electron chi connectivity index (χ3n) is 2.43. The van der Waals surface area contributed by atoms with Gasteiger partial charge in [0.05, 0.1) is 16.5 Å². The minimum Gasteiger partial charge on any atom is -0.386 e. The first-order valence-electron chi connectivity index (χ1n) is 5.92. The van der Waals surface area contributed by atoms with Crippen molar-refractivity contribution >= 4 is 50.6 Å². The van der Waals surface area contributed by atoms with Gasteiger partial charge in [-0.15, -0.1) is 21.8 Å². The molecule has 0 unspecified atom stereocenters. The second kappa shape index (κ2) is 6.91. The third kappa shape index (κ3) is 4.30. The summed E-state index contributed by atoms with van der Waals surface area (Å²) in [7, 11) is -3.78. The summed E-state index contributed by atoms with van der Waals surface area (Å²) < 4.78 is 26.7. The Balaban J connectivity index is 2.21. The molecule has 22 heavy (non-hydrogen) atoms. The number of amidine groups is 1. The number of aliphatic imine (C=N–C) groups is 1. The molecule has 7 nitrogen and oxygen atoms in total. The van der Waals surface area contributed by atoms with Crippen LogP contribution < -0.4 is 10.5 Å². The van der Waals surface area contributed by atoms with Gasteiger partial charge >= 0.3 is 0 Å². The third-order valence-corrected chi connectivity index (χ3v) is 4.27. The summed E-state index contributed by atoms with van der Waals surface area (Å²) in [6, 6.07) is 8.66. The summed E-state index contributed by atoms with van der Waals surface area (Å²) in [6.45, 7) is 0. The summed E-state index contributed by atoms with van der Waals surface area (Å²) in [5.74, 6) is 0.404. The largest absolute Gasteiger partial charge is 0.386 e. The number of hydrogen-bond acceptors (Lipinski definition) is 5. The number of rotatable bonds is 5. The van der Waals surface area contributed by atoms with Crippen LogP contribution >= 0.6 is 23.2 Å². The lowest BCUT2D eigenvalue weighted by atomic mass is 10.3. The first-order chi connectivity index (χ1) is 10.4. The number of alkyl halides is 1. The van der Waals surface area contributed by atoms with E-state index in [4.69, 9.17) is 28.9 Å². The molecule has 10 heteroatoms. The molecule has 1 aromatic heterocycles. The molecule has 0 saturated heterocycles. The van der Waals surface area contributed by atoms with Crippen LogP contribution in [-0.2, 0) is 10.0 Å². The molecule has 0 aliphatic carbocycles. The minimum absolute atomic E-state index is 0.0487. The van der Waals surface area contributed by atoms with Gasteiger partial charge in [0.25, 0.3) is 10.0 Å². The zero-order valence-electron chi connectivity index (χ0n) is 11.1. The molecule has 116 valence electrons. The van der Waals surface area contributed by atoms with Crippen LogP contribution in [0.15, 0.2) is 46.3 Å². The standard InChI is InChI=1S/C12H11Cl2N5O2S/c13-7-11(15)16-8-1-3-9(4-2-8)22(20,21)19-12-6-5-10(14)17-18-12/h1-6H,7H2,(H2,15,16)(H,18,19). The van der Waals surface area contributed by atoms with Gasteiger partial charge in [-0.25, -0.2) is 13.4 Å². The molecular formula is C12H11Cl2N5O2S. The van der Waals surface area contributed by atoms with Gasteiger partial charge in [-0.05, 0) is 36.4 Å². The van der Waals surface area contributed by atoms with E-state index in [0.717, 1.165) is 0 Å². The van der Waals surface area contributed by atoms with Crippen molar-refractivity contribution in [3.8, 4) is 0 Å². The molecule has 0 fully saturated rings. The summed E-state index contributed by atoms with van der Waals surface area (Å²) in [5.41, 5.74) is 6.01. The number of anilines is 1. The highest BCUT2D eigenvalue weighted by Gasteiger charge is 2.15. The van der Waals surface area contributed by atoms with Crippen molar-refractivity contribution in [2.24, 2.45) is 10.7 Å². The molecule has 1 heterocycles. The second-order valence-electron chi connectivity index (χ2n) is 4.08. The van der Waals surface area contributed by atoms with Crippen LogP contribution in [0.5, 0.6) is 0 Å². The molecule has 0 amide bonds. The van der Waals surface area contributed by atoms with Crippen LogP contribution in [-0.4, -0.2) is 30.3 Å². The summed E-state index contributed by atoms with van der Waals surface area (Å²) in [5, 5.41) is 7.36. The molecular weight excluding hydrogens is 349 g/mol. The van der Waals surface area contributed by atoms with Crippen LogP contribution in [0.4, 0.5) is 11.5 Å². The van der Waals surface area contributed by atoms with Crippen molar-refractivity contribution in [2.75, 3.05) is 10.6 Å². The van der Waals surface area contributed by atoms with Crippen LogP contribution in [0.25, 0.3) is 0 Å². The zero-order chi connectivity index (χ0) is 16.2. The van der Waals surface area contributed by atoms with Gasteiger partial charge in [-0.3, -0.25) is 4.72 Å². The molecule has 0 spiro atoms. The van der Waals surface area contributed by atoms with Crippen LogP contribution in [0.1, 0.15) is 0 Å². The number of nitrogens with one attached hydrogen (secondary N) is 1. The average Bonchev–Trinajstić information content (AvgIpc) is 2.50. The average molecular weight is 360 g/mol. The SMILES string of the molecule is NC(CCl)=Nc1ccc(S(=O)(=O)Nc2ccc(Cl)nn2)cc1. The smallest absolute Gasteiger partial charge is 0.263 e. The van der Waals surface area contributed by atoms with Crippen molar-refractivity contribution in [1.29, 1.82) is 0 Å². The first-order valence-corrected chi connectivity index (χ1v) is 8.31. The van der Waals surface area contributed by atoms with E-state index in [-0.39, 0.29) is 27.6 Å². The number of benzene rings is 1. The summed E-state index contributed by atoms with van der Waals surface area (Å²) >= 11 is 11.1. The number of nitrogens with zero attached hydrogens (tertiary/aromatic N) is 3. The Labute approximate surface area is 137 Å². The highest BCUT2D eigenvalue weighted by Crippen LogP contribution is 2.19. The number of halogens is 2. The fourth-order valence-electron chi connectivity index (χ4n) is 1.46. The normalized spacial score (nSPS) is 12.2. The first kappa shape index (κ1) is 16.5. The van der Waals surface area contributed by atoms with E-state index < -0.39 is 10.0 Å². The van der Waals surface area contributed by atoms with Gasteiger partial charge in [0.2, 0.25) is 0 Å². The van der Waals surface area contributed by atoms with E-state index in [1.807, 2.05) is 0 Å². The lowest BCUT2D eigenvalue weighted by Gasteiger charge is -2.07. The van der Waals surface area contributed by atoms with Gasteiger partial charge in [0, 0.05) is 0 Å². The second-order valence-corrected chi connectivity index (χ2v) is 6.41. The van der Waals surface area contributed by atoms with Crippen molar-refractivity contribution < 1.29 is 8.42 Å². The Bertz CT molecular complexity index is 776. The van der Waals surface area contributed by atoms with Crippen molar-refractivity contribution in [3.63, 3.8) is 0 Å². The van der Waals surface area contributed by atoms with Crippen LogP contribution in [0, 0.1) is 0 Å². The Morgan fingerprint density at radius 2 is 1.86 bits per heavy atom. The van der Waals surface area contributed by atoms with E-state index in [1.54, 1.807) is 0 Å². The monoisotopic (exact) mass is 359 g/mol. The summed E-state index contributed by atoms with van der Waals surface area (Å²) in [6.07, 6.45) is 0. The number of aromatic nitrogens is 2. The topological polar surface area (TPSA) is 110 Å². The zero-order valence-corrected chi connectivity index (χ0v) is 13.4. The molecule has 0 aliphatic rings. The predicted octanol–water partition coefficient (Wildman–Crippen LogP) is 2.16. The van der Waals surface area contributed by atoms with E-state index in [2.05, 4.69) is 19.9 Å². The molecule has 0 saturated carbocycles. The highest BCUT2D eigenvalue weighted by atomic mass is 35.5. The fourth-order valence-corrected chi connectivity index (χ4v) is 2.62. The molecule has 2 rings (SSSR count). The summed E-state index contributed by atoms with van der Waals surface area (Å²) in [4.78, 5) is 4.05. The molecule has 0 radical (unpaired) electrons. The fraction of sp³-hybridized carbons (Fsp3) is 0.0833. The van der Waals surface area contributed by atoms with Crippen LogP contribution in [0.3, 0.4) is 0 Å². The Hall–Kier alpha value is -1.90. The highest BCUT2D eigenvalue weighted by molar-refractivity contribution is 7.92. The van der Waals surface area contributed by atoms with Gasteiger partial charge in [0.15, 0.2) is 11.0 Å². The lowest BCUT2D eigenvalue weighted by molar-refractivity contribution is 0.601. The van der Waals surface area contributed by atoms with Crippen molar-refractivity contribution in [1.82, 2.24) is 10.2 Å². The van der Waals surface area contributed by atoms with Gasteiger partial charge in [0.1, 0.15) is 5.84 Å². The van der Waals surface area contributed by atoms with E-state index in [0.29, 0.717) is 5.69 Å². The molecule has 0 bridgehead atoms. The number of nitrogens with two attached hydrogens (primary N) is 1. The van der Waals surface area contributed by atoms with Crippen LogP contribution in [0.2, 0.25) is 5.15 Å². The maximum absolute atomic E-state index is 12.2. The Morgan fingerprint density at radius 1 is 1.18 bits per heavy atom. The van der Waals surface area contributed by atoms with Gasteiger partial charge < -0.3 is 5.73 Å². The number of sulfonamides is 1. The quantitative estimate of drug-likeness (QED) is 0.482. The van der Waals surface area contributed by atoms with Gasteiger partial charge in [-0.1, -0.05) is 11.6 Å². The molecule has 0 atom stereocenters. The Kier molecular flexibility index (Phi) is 5.17. The predicted molar refractivity (Wildman–Crippen MR) is 86.3 cm³/mol. The lowest BCUT2D eigenvalue weighted by Crippen LogP contribution is -2.14. The Morgan fingerprint density at radius 3 is 2.41 bits per heavy atom. The molecule has 3 N–H and O–H groups in total. The molecule has 0 aliphatic heterocycles. The maximum Gasteiger partial charge on any atom is 0.263 e. The van der Waals surface area contributed by atoms with E-state index in [1.165, 1.54) is 36.4 Å². The molecule has 1 aromatic carbocycles. The maximum atomic E-state index is 12.2. The number of hydrogen-bond donors (Lipinski definition) is 2. The molecule has 2 aromatic rings. The van der Waals surface area contributed by atoms with Crippen molar-refractivity contribution in [2.45, 2.75) is 4.90 Å².